The molecule has 0 saturated carbocycles. The molecule has 1 rings (SSSR count). The minimum atomic E-state index is -1.05. The Bertz CT molecular complexity index is 346. The molecule has 1 aliphatic rings. The molecule has 0 aliphatic carbocycles. The van der Waals surface area contributed by atoms with Gasteiger partial charge in [0.15, 0.2) is 0 Å². The van der Waals surface area contributed by atoms with E-state index >= 15 is 0 Å². The molecule has 2 amide bonds. The first-order valence-corrected chi connectivity index (χ1v) is 5.94. The number of nitrogens with one attached hydrogen (secondary N) is 1. The highest BCUT2D eigenvalue weighted by molar-refractivity contribution is 5.78. The van der Waals surface area contributed by atoms with Crippen LogP contribution in [0.1, 0.15) is 6.42 Å². The number of amides is 2. The number of carboxylic acids is 1. The number of carboxylic acid groups (broad SMARTS) is 1. The highest BCUT2D eigenvalue weighted by atomic mass is 16.5. The Morgan fingerprint density at radius 1 is 1.42 bits per heavy atom. The summed E-state index contributed by atoms with van der Waals surface area (Å²) in [6, 6.07) is -0.287. The van der Waals surface area contributed by atoms with E-state index in [1.807, 2.05) is 0 Å². The number of rotatable bonds is 6. The van der Waals surface area contributed by atoms with Crippen LogP contribution in [-0.2, 0) is 19.1 Å². The summed E-state index contributed by atoms with van der Waals surface area (Å²) in [5, 5.41) is 10.9. The van der Waals surface area contributed by atoms with Gasteiger partial charge >= 0.3 is 18.0 Å². The fourth-order valence-electron chi connectivity index (χ4n) is 1.81. The molecule has 19 heavy (non-hydrogen) atoms. The molecule has 0 aromatic heterocycles. The second-order valence-electron chi connectivity index (χ2n) is 4.13. The zero-order valence-electron chi connectivity index (χ0n) is 10.8. The van der Waals surface area contributed by atoms with Gasteiger partial charge in [-0.2, -0.15) is 0 Å². The van der Waals surface area contributed by atoms with Crippen molar-refractivity contribution in [3.63, 3.8) is 0 Å². The highest BCUT2D eigenvalue weighted by Gasteiger charge is 2.31. The average Bonchev–Trinajstić information content (AvgIpc) is 2.86. The van der Waals surface area contributed by atoms with E-state index in [9.17, 15) is 14.4 Å². The van der Waals surface area contributed by atoms with Crippen LogP contribution >= 0.6 is 0 Å². The number of urea groups is 1. The Kier molecular flexibility index (Phi) is 6.07. The molecule has 108 valence electrons. The molecule has 8 nitrogen and oxygen atoms in total. The van der Waals surface area contributed by atoms with Crippen LogP contribution in [0.25, 0.3) is 0 Å². The van der Waals surface area contributed by atoms with Gasteiger partial charge in [-0.3, -0.25) is 4.79 Å². The van der Waals surface area contributed by atoms with Crippen LogP contribution in [0.4, 0.5) is 4.79 Å². The van der Waals surface area contributed by atoms with Crippen molar-refractivity contribution in [3.05, 3.63) is 0 Å². The number of hydrogen-bond acceptors (Lipinski definition) is 5. The maximum atomic E-state index is 11.7. The van der Waals surface area contributed by atoms with Gasteiger partial charge in [-0.15, -0.1) is 0 Å². The van der Waals surface area contributed by atoms with E-state index in [1.54, 1.807) is 0 Å². The zero-order valence-corrected chi connectivity index (χ0v) is 10.8. The summed E-state index contributed by atoms with van der Waals surface area (Å²) in [6.45, 7) is 0.817. The van der Waals surface area contributed by atoms with Gasteiger partial charge in [0.1, 0.15) is 6.61 Å². The minimum absolute atomic E-state index is 0.131. The topological polar surface area (TPSA) is 105 Å². The number of carbonyl (C=O) groups is 3. The number of carbonyl (C=O) groups excluding carboxylic acids is 2. The SMILES string of the molecule is COC(=O)C1CCN(C(=O)NCCOCC(=O)O)C1. The molecule has 2 N–H and O–H groups in total. The molecule has 0 bridgehead atoms. The smallest absolute Gasteiger partial charge is 0.329 e. The predicted octanol–water partition coefficient (Wildman–Crippen LogP) is -0.708. The summed E-state index contributed by atoms with van der Waals surface area (Å²) in [6.07, 6.45) is 0.593. The van der Waals surface area contributed by atoms with E-state index in [2.05, 4.69) is 10.1 Å². The molecular formula is C11H18N2O6. The van der Waals surface area contributed by atoms with Gasteiger partial charge in [0.25, 0.3) is 0 Å². The first-order valence-electron chi connectivity index (χ1n) is 5.94. The lowest BCUT2D eigenvalue weighted by atomic mass is 10.1. The van der Waals surface area contributed by atoms with Crippen molar-refractivity contribution < 1.29 is 29.0 Å². The lowest BCUT2D eigenvalue weighted by Crippen LogP contribution is -2.40. The average molecular weight is 274 g/mol. The van der Waals surface area contributed by atoms with E-state index in [-0.39, 0.29) is 37.7 Å². The minimum Gasteiger partial charge on any atom is -0.480 e. The molecule has 0 aromatic carbocycles. The molecule has 1 saturated heterocycles. The van der Waals surface area contributed by atoms with Gasteiger partial charge in [0.2, 0.25) is 0 Å². The van der Waals surface area contributed by atoms with Gasteiger partial charge in [0, 0.05) is 19.6 Å². The Labute approximate surface area is 110 Å². The highest BCUT2D eigenvalue weighted by Crippen LogP contribution is 2.17. The zero-order chi connectivity index (χ0) is 14.3. The number of aliphatic carboxylic acids is 1. The number of nitrogens with zero attached hydrogens (tertiary/aromatic N) is 1. The Morgan fingerprint density at radius 2 is 2.16 bits per heavy atom. The Hall–Kier alpha value is -1.83. The lowest BCUT2D eigenvalue weighted by Gasteiger charge is -2.16. The molecule has 1 heterocycles. The van der Waals surface area contributed by atoms with E-state index in [4.69, 9.17) is 9.84 Å². The van der Waals surface area contributed by atoms with E-state index < -0.39 is 5.97 Å². The van der Waals surface area contributed by atoms with Crippen LogP contribution in [0, 0.1) is 5.92 Å². The molecule has 1 atom stereocenters. The molecule has 1 aliphatic heterocycles. The summed E-state index contributed by atoms with van der Waals surface area (Å²) in [5.74, 6) is -1.62. The van der Waals surface area contributed by atoms with Crippen LogP contribution < -0.4 is 5.32 Å². The molecule has 1 fully saturated rings. The lowest BCUT2D eigenvalue weighted by molar-refractivity contribution is -0.145. The maximum absolute atomic E-state index is 11.7. The molecule has 0 spiro atoms. The van der Waals surface area contributed by atoms with Crippen LogP contribution in [0.15, 0.2) is 0 Å². The quantitative estimate of drug-likeness (QED) is 0.490. The summed E-state index contributed by atoms with van der Waals surface area (Å²) in [4.78, 5) is 34.7. The van der Waals surface area contributed by atoms with Gasteiger partial charge < -0.3 is 24.8 Å². The molecular weight excluding hydrogens is 256 g/mol. The van der Waals surface area contributed by atoms with E-state index in [0.717, 1.165) is 0 Å². The summed E-state index contributed by atoms with van der Waals surface area (Å²) < 4.78 is 9.40. The summed E-state index contributed by atoms with van der Waals surface area (Å²) >= 11 is 0. The summed E-state index contributed by atoms with van der Waals surface area (Å²) in [5.41, 5.74) is 0. The fraction of sp³-hybridized carbons (Fsp3) is 0.727. The first kappa shape index (κ1) is 15.2. The van der Waals surface area contributed by atoms with Crippen LogP contribution in [0.3, 0.4) is 0 Å². The second kappa shape index (κ2) is 7.57. The van der Waals surface area contributed by atoms with Crippen molar-refractivity contribution in [2.75, 3.05) is 40.0 Å². The van der Waals surface area contributed by atoms with Gasteiger partial charge in [-0.05, 0) is 6.42 Å². The van der Waals surface area contributed by atoms with Crippen molar-refractivity contribution in [1.82, 2.24) is 10.2 Å². The molecule has 8 heteroatoms. The van der Waals surface area contributed by atoms with Gasteiger partial charge in [-0.25, -0.2) is 9.59 Å². The van der Waals surface area contributed by atoms with E-state index in [0.29, 0.717) is 19.5 Å². The Morgan fingerprint density at radius 3 is 2.79 bits per heavy atom. The van der Waals surface area contributed by atoms with Crippen molar-refractivity contribution in [2.24, 2.45) is 5.92 Å². The second-order valence-corrected chi connectivity index (χ2v) is 4.13. The number of likely N-dealkylation sites (tertiary alicyclic amines) is 1. The third-order valence-corrected chi connectivity index (χ3v) is 2.76. The third-order valence-electron chi connectivity index (χ3n) is 2.76. The number of ether oxygens (including phenoxy) is 2. The van der Waals surface area contributed by atoms with Gasteiger partial charge in [-0.1, -0.05) is 0 Å². The van der Waals surface area contributed by atoms with Crippen LogP contribution in [0.2, 0.25) is 0 Å². The van der Waals surface area contributed by atoms with Crippen molar-refractivity contribution >= 4 is 18.0 Å². The largest absolute Gasteiger partial charge is 0.480 e. The molecule has 1 unspecified atom stereocenters. The number of hydrogen-bond donors (Lipinski definition) is 2. The monoisotopic (exact) mass is 274 g/mol. The van der Waals surface area contributed by atoms with Crippen LogP contribution in [-0.4, -0.2) is 67.9 Å². The first-order chi connectivity index (χ1) is 9.04. The normalized spacial score (nSPS) is 18.2. The number of esters is 1. The molecule has 0 aromatic rings. The maximum Gasteiger partial charge on any atom is 0.329 e. The number of methoxy groups -OCH3 is 1. The predicted molar refractivity (Wildman–Crippen MR) is 63.5 cm³/mol. The van der Waals surface area contributed by atoms with E-state index in [1.165, 1.54) is 12.0 Å². The van der Waals surface area contributed by atoms with Crippen LogP contribution in [0.5, 0.6) is 0 Å². The van der Waals surface area contributed by atoms with Crippen molar-refractivity contribution in [1.29, 1.82) is 0 Å². The molecule has 0 radical (unpaired) electrons. The Balaban J connectivity index is 2.17. The third kappa shape index (κ3) is 5.12. The fourth-order valence-corrected chi connectivity index (χ4v) is 1.81. The standard InChI is InChI=1S/C11H18N2O6/c1-18-10(16)8-2-4-13(6-8)11(17)12-3-5-19-7-9(14)15/h8H,2-7H2,1H3,(H,12,17)(H,14,15). The van der Waals surface area contributed by atoms with Crippen molar-refractivity contribution in [3.8, 4) is 0 Å². The summed E-state index contributed by atoms with van der Waals surface area (Å²) in [7, 11) is 1.32. The van der Waals surface area contributed by atoms with Gasteiger partial charge in [0.05, 0.1) is 19.6 Å². The van der Waals surface area contributed by atoms with Crippen molar-refractivity contribution in [2.45, 2.75) is 6.42 Å².